The van der Waals surface area contributed by atoms with Crippen LogP contribution in [0.2, 0.25) is 5.02 Å². The van der Waals surface area contributed by atoms with Gasteiger partial charge in [0.15, 0.2) is 0 Å². The van der Waals surface area contributed by atoms with Crippen molar-refractivity contribution >= 4 is 23.5 Å². The Hall–Kier alpha value is -1.63. The van der Waals surface area contributed by atoms with Gasteiger partial charge in [0.2, 0.25) is 0 Å². The Morgan fingerprint density at radius 2 is 1.41 bits per heavy atom. The van der Waals surface area contributed by atoms with Gasteiger partial charge in [0.25, 0.3) is 0 Å². The number of nitrogens with zero attached hydrogens (tertiary/aromatic N) is 2. The highest BCUT2D eigenvalue weighted by molar-refractivity contribution is 6.30. The molecule has 6 nitrogen and oxygen atoms in total. The molecule has 0 spiro atoms. The summed E-state index contributed by atoms with van der Waals surface area (Å²) in [5, 5.41) is 15.6. The molecule has 27 heavy (non-hydrogen) atoms. The molecule has 2 N–H and O–H groups in total. The second-order valence-corrected chi connectivity index (χ2v) is 7.63. The van der Waals surface area contributed by atoms with Crippen LogP contribution in [0.3, 0.4) is 0 Å². The number of halogens is 1. The monoisotopic (exact) mass is 396 g/mol. The first-order chi connectivity index (χ1) is 13.0. The lowest BCUT2D eigenvalue weighted by Crippen LogP contribution is -2.45. The Morgan fingerprint density at radius 3 is 1.89 bits per heavy atom. The number of carboxylic acids is 2. The number of rotatable bonds is 3. The summed E-state index contributed by atoms with van der Waals surface area (Å²) < 4.78 is 0. The molecule has 0 radical (unpaired) electrons. The van der Waals surface area contributed by atoms with Gasteiger partial charge in [-0.2, -0.15) is 0 Å². The molecule has 1 aromatic carbocycles. The van der Waals surface area contributed by atoms with Crippen LogP contribution in [0, 0.1) is 0 Å². The first kappa shape index (κ1) is 21.7. The van der Waals surface area contributed by atoms with Gasteiger partial charge in [-0.15, -0.1) is 0 Å². The summed E-state index contributed by atoms with van der Waals surface area (Å²) in [6, 6.07) is 9.15. The quantitative estimate of drug-likeness (QED) is 0.762. The van der Waals surface area contributed by atoms with Crippen LogP contribution in [0.1, 0.15) is 44.1 Å². The third kappa shape index (κ3) is 7.87. The van der Waals surface area contributed by atoms with Gasteiger partial charge < -0.3 is 15.1 Å². The maximum absolute atomic E-state index is 9.10. The molecule has 7 heteroatoms. The average molecular weight is 397 g/mol. The number of carboxylic acid groups (broad SMARTS) is 2. The zero-order chi connectivity index (χ0) is 19.6. The van der Waals surface area contributed by atoms with E-state index in [1.54, 1.807) is 0 Å². The lowest BCUT2D eigenvalue weighted by atomic mass is 10.0. The molecule has 0 amide bonds. The van der Waals surface area contributed by atoms with Gasteiger partial charge in [-0.3, -0.25) is 4.90 Å². The van der Waals surface area contributed by atoms with Gasteiger partial charge in [0.05, 0.1) is 0 Å². The van der Waals surface area contributed by atoms with E-state index >= 15 is 0 Å². The third-order valence-electron chi connectivity index (χ3n) is 5.22. The molecule has 0 aliphatic carbocycles. The standard InChI is InChI=1S/C18H27ClN2.C2H2O4/c19-17-7-5-16(6-8-17)15-20-13-9-18(10-14-20)21-11-3-1-2-4-12-21;3-1(4)2(5)6/h5-8,18H,1-4,9-15H2;(H,3,4)(H,5,6). The predicted octanol–water partition coefficient (Wildman–Crippen LogP) is 3.34. The SMILES string of the molecule is Clc1ccc(CN2CCC(N3CCCCCC3)CC2)cc1.O=C(O)C(=O)O. The Morgan fingerprint density at radius 1 is 0.889 bits per heavy atom. The molecule has 0 bridgehead atoms. The van der Waals surface area contributed by atoms with Crippen LogP contribution in [-0.4, -0.2) is 64.2 Å². The van der Waals surface area contributed by atoms with Crippen molar-refractivity contribution in [1.82, 2.24) is 9.80 Å². The number of hydrogen-bond donors (Lipinski definition) is 2. The largest absolute Gasteiger partial charge is 0.473 e. The van der Waals surface area contributed by atoms with Gasteiger partial charge in [-0.25, -0.2) is 9.59 Å². The summed E-state index contributed by atoms with van der Waals surface area (Å²) in [6.07, 6.45) is 8.37. The third-order valence-corrected chi connectivity index (χ3v) is 5.47. The fourth-order valence-corrected chi connectivity index (χ4v) is 3.88. The highest BCUT2D eigenvalue weighted by atomic mass is 35.5. The molecule has 2 heterocycles. The van der Waals surface area contributed by atoms with Gasteiger partial charge in [-0.05, 0) is 69.6 Å². The number of benzene rings is 1. The molecule has 2 aliphatic rings. The van der Waals surface area contributed by atoms with Gasteiger partial charge in [0.1, 0.15) is 0 Å². The molecule has 2 fully saturated rings. The van der Waals surface area contributed by atoms with Gasteiger partial charge >= 0.3 is 11.9 Å². The summed E-state index contributed by atoms with van der Waals surface area (Å²) in [5.41, 5.74) is 1.38. The Bertz CT molecular complexity index is 581. The zero-order valence-corrected chi connectivity index (χ0v) is 16.4. The van der Waals surface area contributed by atoms with Crippen molar-refractivity contribution in [2.24, 2.45) is 0 Å². The van der Waals surface area contributed by atoms with Gasteiger partial charge in [0, 0.05) is 17.6 Å². The molecule has 2 aliphatic heterocycles. The van der Waals surface area contributed by atoms with E-state index in [1.807, 2.05) is 12.1 Å². The van der Waals surface area contributed by atoms with Crippen molar-refractivity contribution < 1.29 is 19.8 Å². The van der Waals surface area contributed by atoms with E-state index in [-0.39, 0.29) is 0 Å². The number of likely N-dealkylation sites (tertiary alicyclic amines) is 2. The summed E-state index contributed by atoms with van der Waals surface area (Å²) in [7, 11) is 0. The smallest absolute Gasteiger partial charge is 0.414 e. The molecule has 0 unspecified atom stereocenters. The molecular weight excluding hydrogens is 368 g/mol. The molecule has 150 valence electrons. The Kier molecular flexibility index (Phi) is 9.04. The van der Waals surface area contributed by atoms with Crippen LogP contribution in [0.4, 0.5) is 0 Å². The summed E-state index contributed by atoms with van der Waals surface area (Å²) in [6.45, 7) is 6.22. The number of carbonyl (C=O) groups is 2. The fourth-order valence-electron chi connectivity index (χ4n) is 3.75. The topological polar surface area (TPSA) is 81.1 Å². The minimum atomic E-state index is -1.82. The molecule has 3 rings (SSSR count). The summed E-state index contributed by atoms with van der Waals surface area (Å²) in [4.78, 5) is 23.6. The molecule has 2 saturated heterocycles. The normalized spacial score (nSPS) is 19.6. The van der Waals surface area contributed by atoms with Crippen molar-refractivity contribution in [3.05, 3.63) is 34.9 Å². The Labute approximate surface area is 165 Å². The van der Waals surface area contributed by atoms with E-state index < -0.39 is 11.9 Å². The molecule has 0 saturated carbocycles. The van der Waals surface area contributed by atoms with Crippen LogP contribution in [0.25, 0.3) is 0 Å². The van der Waals surface area contributed by atoms with E-state index in [1.165, 1.54) is 70.3 Å². The van der Waals surface area contributed by atoms with E-state index in [0.717, 1.165) is 17.6 Å². The van der Waals surface area contributed by atoms with Crippen LogP contribution >= 0.6 is 11.6 Å². The lowest BCUT2D eigenvalue weighted by Gasteiger charge is -2.38. The van der Waals surface area contributed by atoms with E-state index in [0.29, 0.717) is 0 Å². The van der Waals surface area contributed by atoms with Crippen LogP contribution in [-0.2, 0) is 16.1 Å². The lowest BCUT2D eigenvalue weighted by molar-refractivity contribution is -0.159. The number of piperidine rings is 1. The van der Waals surface area contributed by atoms with Crippen molar-refractivity contribution in [3.63, 3.8) is 0 Å². The summed E-state index contributed by atoms with van der Waals surface area (Å²) in [5.74, 6) is -3.65. The molecule has 0 atom stereocenters. The average Bonchev–Trinajstić information content (AvgIpc) is 2.94. The van der Waals surface area contributed by atoms with Crippen LogP contribution in [0.15, 0.2) is 24.3 Å². The van der Waals surface area contributed by atoms with Crippen LogP contribution in [0.5, 0.6) is 0 Å². The molecule has 0 aromatic heterocycles. The zero-order valence-electron chi connectivity index (χ0n) is 15.6. The van der Waals surface area contributed by atoms with Crippen molar-refractivity contribution in [2.45, 2.75) is 51.1 Å². The highest BCUT2D eigenvalue weighted by Gasteiger charge is 2.24. The first-order valence-corrected chi connectivity index (χ1v) is 10.0. The second kappa shape index (κ2) is 11.3. The van der Waals surface area contributed by atoms with Crippen molar-refractivity contribution in [1.29, 1.82) is 0 Å². The van der Waals surface area contributed by atoms with Gasteiger partial charge in [-0.1, -0.05) is 36.6 Å². The van der Waals surface area contributed by atoms with E-state index in [9.17, 15) is 0 Å². The van der Waals surface area contributed by atoms with Crippen molar-refractivity contribution in [2.75, 3.05) is 26.2 Å². The van der Waals surface area contributed by atoms with Crippen molar-refractivity contribution in [3.8, 4) is 0 Å². The Balaban J connectivity index is 0.000000380. The molecular formula is C20H29ClN2O4. The number of hydrogen-bond acceptors (Lipinski definition) is 4. The summed E-state index contributed by atoms with van der Waals surface area (Å²) >= 11 is 5.95. The minimum absolute atomic E-state index is 0.832. The maximum Gasteiger partial charge on any atom is 0.414 e. The van der Waals surface area contributed by atoms with Crippen LogP contribution < -0.4 is 0 Å². The predicted molar refractivity (Wildman–Crippen MR) is 105 cm³/mol. The van der Waals surface area contributed by atoms with E-state index in [2.05, 4.69) is 21.9 Å². The van der Waals surface area contributed by atoms with E-state index in [4.69, 9.17) is 31.4 Å². The second-order valence-electron chi connectivity index (χ2n) is 7.19. The number of aliphatic carboxylic acids is 2. The minimum Gasteiger partial charge on any atom is -0.473 e. The highest BCUT2D eigenvalue weighted by Crippen LogP contribution is 2.22. The fraction of sp³-hybridized carbons (Fsp3) is 0.600. The molecule has 1 aromatic rings. The first-order valence-electron chi connectivity index (χ1n) is 9.63. The maximum atomic E-state index is 9.10.